The zero-order chi connectivity index (χ0) is 15.1. The predicted octanol–water partition coefficient (Wildman–Crippen LogP) is 3.46. The van der Waals surface area contributed by atoms with E-state index >= 15 is 0 Å². The Kier molecular flexibility index (Phi) is 11.1. The molecule has 1 N–H and O–H groups in total. The van der Waals surface area contributed by atoms with Crippen LogP contribution in [0.2, 0.25) is 0 Å². The first-order valence-electron chi connectivity index (χ1n) is 7.57. The van der Waals surface area contributed by atoms with Gasteiger partial charge in [-0.1, -0.05) is 12.1 Å². The molecule has 0 saturated carbocycles. The van der Waals surface area contributed by atoms with Crippen LogP contribution in [0.15, 0.2) is 30.9 Å². The van der Waals surface area contributed by atoms with Crippen LogP contribution in [-0.4, -0.2) is 45.3 Å². The summed E-state index contributed by atoms with van der Waals surface area (Å²) in [7, 11) is 3.40. The molecular formula is C17H28Cl2N2O2. The van der Waals surface area contributed by atoms with Crippen molar-refractivity contribution >= 4 is 24.8 Å². The van der Waals surface area contributed by atoms with Crippen LogP contribution >= 0.6 is 24.8 Å². The van der Waals surface area contributed by atoms with Gasteiger partial charge in [-0.25, -0.2) is 0 Å². The predicted molar refractivity (Wildman–Crippen MR) is 101 cm³/mol. The van der Waals surface area contributed by atoms with Crippen LogP contribution in [0.5, 0.6) is 11.5 Å². The van der Waals surface area contributed by atoms with E-state index in [2.05, 4.69) is 22.9 Å². The quantitative estimate of drug-likeness (QED) is 0.753. The van der Waals surface area contributed by atoms with Gasteiger partial charge in [0.2, 0.25) is 0 Å². The van der Waals surface area contributed by atoms with Crippen molar-refractivity contribution in [3.63, 3.8) is 0 Å². The second-order valence-electron chi connectivity index (χ2n) is 5.28. The van der Waals surface area contributed by atoms with Crippen molar-refractivity contribution in [2.24, 2.45) is 0 Å². The van der Waals surface area contributed by atoms with E-state index in [0.717, 1.165) is 50.5 Å². The van der Waals surface area contributed by atoms with Gasteiger partial charge >= 0.3 is 0 Å². The molecule has 1 fully saturated rings. The molecular weight excluding hydrogens is 335 g/mol. The van der Waals surface area contributed by atoms with E-state index in [4.69, 9.17) is 9.47 Å². The Labute approximate surface area is 152 Å². The lowest BCUT2D eigenvalue weighted by molar-refractivity contribution is 0.163. The first kappa shape index (κ1) is 22.1. The minimum atomic E-state index is 0. The molecule has 0 aliphatic carbocycles. The summed E-state index contributed by atoms with van der Waals surface area (Å²) in [5.41, 5.74) is 1.24. The fraction of sp³-hybridized carbons (Fsp3) is 0.529. The number of piperazine rings is 1. The van der Waals surface area contributed by atoms with Crippen LogP contribution in [0.25, 0.3) is 0 Å². The van der Waals surface area contributed by atoms with Gasteiger partial charge < -0.3 is 14.8 Å². The van der Waals surface area contributed by atoms with Crippen molar-refractivity contribution in [2.45, 2.75) is 18.9 Å². The molecule has 0 spiro atoms. The minimum absolute atomic E-state index is 0. The lowest BCUT2D eigenvalue weighted by Crippen LogP contribution is -2.45. The third-order valence-corrected chi connectivity index (χ3v) is 4.04. The fourth-order valence-electron chi connectivity index (χ4n) is 2.90. The number of nitrogens with zero attached hydrogens (tertiary/aromatic N) is 1. The Balaban J connectivity index is 0.00000242. The van der Waals surface area contributed by atoms with E-state index in [0.29, 0.717) is 6.04 Å². The van der Waals surface area contributed by atoms with E-state index in [1.165, 1.54) is 5.56 Å². The summed E-state index contributed by atoms with van der Waals surface area (Å²) in [6, 6.07) is 6.48. The van der Waals surface area contributed by atoms with Crippen LogP contribution in [0, 0.1) is 0 Å². The Morgan fingerprint density at radius 2 is 1.91 bits per heavy atom. The van der Waals surface area contributed by atoms with Crippen LogP contribution in [0.4, 0.5) is 0 Å². The maximum Gasteiger partial charge on any atom is 0.127 e. The zero-order valence-electron chi connectivity index (χ0n) is 13.9. The van der Waals surface area contributed by atoms with Crippen molar-refractivity contribution in [1.29, 1.82) is 0 Å². The summed E-state index contributed by atoms with van der Waals surface area (Å²) in [5, 5.41) is 3.41. The zero-order valence-corrected chi connectivity index (χ0v) is 15.5. The third-order valence-electron chi connectivity index (χ3n) is 4.04. The number of hydrogen-bond donors (Lipinski definition) is 1. The first-order valence-corrected chi connectivity index (χ1v) is 7.57. The highest BCUT2D eigenvalue weighted by molar-refractivity contribution is 5.85. The lowest BCUT2D eigenvalue weighted by atomic mass is 9.98. The molecule has 23 heavy (non-hydrogen) atoms. The van der Waals surface area contributed by atoms with Gasteiger partial charge in [0.1, 0.15) is 11.5 Å². The monoisotopic (exact) mass is 362 g/mol. The van der Waals surface area contributed by atoms with Gasteiger partial charge in [0, 0.05) is 43.9 Å². The molecule has 2 rings (SSSR count). The summed E-state index contributed by atoms with van der Waals surface area (Å²) in [6.07, 6.45) is 4.06. The first-order chi connectivity index (χ1) is 10.3. The number of rotatable bonds is 7. The number of nitrogens with one attached hydrogen (secondary N) is 1. The van der Waals surface area contributed by atoms with Crippen LogP contribution in [0.1, 0.15) is 24.4 Å². The van der Waals surface area contributed by atoms with Crippen molar-refractivity contribution in [3.8, 4) is 11.5 Å². The van der Waals surface area contributed by atoms with Crippen LogP contribution in [0.3, 0.4) is 0 Å². The molecule has 1 aromatic carbocycles. The van der Waals surface area contributed by atoms with Gasteiger partial charge in [0.05, 0.1) is 14.2 Å². The number of allylic oxidation sites excluding steroid dienone is 1. The van der Waals surface area contributed by atoms with Gasteiger partial charge in [0.15, 0.2) is 0 Å². The number of benzene rings is 1. The summed E-state index contributed by atoms with van der Waals surface area (Å²) < 4.78 is 10.9. The van der Waals surface area contributed by atoms with Gasteiger partial charge in [-0.3, -0.25) is 4.90 Å². The van der Waals surface area contributed by atoms with E-state index in [9.17, 15) is 0 Å². The normalized spacial score (nSPS) is 15.7. The maximum absolute atomic E-state index is 5.59. The Morgan fingerprint density at radius 1 is 1.22 bits per heavy atom. The number of ether oxygens (including phenoxy) is 2. The van der Waals surface area contributed by atoms with Gasteiger partial charge in [-0.05, 0) is 18.9 Å². The Bertz CT molecular complexity index is 466. The van der Waals surface area contributed by atoms with Gasteiger partial charge in [-0.2, -0.15) is 0 Å². The van der Waals surface area contributed by atoms with E-state index < -0.39 is 0 Å². The Hall–Kier alpha value is -0.940. The standard InChI is InChI=1S/C17H26N2O2.2ClH/c1-4-5-6-16(19-11-9-18-10-12-19)15-8-7-14(20-2)13-17(15)21-3;;/h4,7-8,13,16,18H,1,5-6,9-12H2,2-3H3;2*1H/t16-;;/m0../s1. The average Bonchev–Trinajstić information content (AvgIpc) is 2.56. The maximum atomic E-state index is 5.59. The molecule has 1 aliphatic rings. The van der Waals surface area contributed by atoms with Crippen molar-refractivity contribution in [2.75, 3.05) is 40.4 Å². The molecule has 0 aromatic heterocycles. The second kappa shape index (κ2) is 11.6. The summed E-state index contributed by atoms with van der Waals surface area (Å²) in [4.78, 5) is 2.53. The molecule has 0 amide bonds. The molecule has 1 saturated heterocycles. The van der Waals surface area contributed by atoms with Crippen molar-refractivity contribution in [1.82, 2.24) is 10.2 Å². The van der Waals surface area contributed by atoms with E-state index in [1.807, 2.05) is 18.2 Å². The van der Waals surface area contributed by atoms with Crippen molar-refractivity contribution < 1.29 is 9.47 Å². The molecule has 1 aromatic rings. The Morgan fingerprint density at radius 3 is 2.48 bits per heavy atom. The molecule has 6 heteroatoms. The molecule has 0 radical (unpaired) electrons. The molecule has 0 bridgehead atoms. The highest BCUT2D eigenvalue weighted by Crippen LogP contribution is 2.35. The van der Waals surface area contributed by atoms with Crippen LogP contribution in [-0.2, 0) is 0 Å². The molecule has 1 atom stereocenters. The smallest absolute Gasteiger partial charge is 0.127 e. The highest BCUT2D eigenvalue weighted by atomic mass is 35.5. The van der Waals surface area contributed by atoms with Crippen LogP contribution < -0.4 is 14.8 Å². The summed E-state index contributed by atoms with van der Waals surface area (Å²) >= 11 is 0. The summed E-state index contributed by atoms with van der Waals surface area (Å²) in [6.45, 7) is 8.08. The molecule has 132 valence electrons. The average molecular weight is 363 g/mol. The molecule has 4 nitrogen and oxygen atoms in total. The third kappa shape index (κ3) is 5.88. The molecule has 1 aliphatic heterocycles. The fourth-order valence-corrected chi connectivity index (χ4v) is 2.90. The summed E-state index contributed by atoms with van der Waals surface area (Å²) in [5.74, 6) is 1.74. The largest absolute Gasteiger partial charge is 0.497 e. The molecule has 1 heterocycles. The van der Waals surface area contributed by atoms with Gasteiger partial charge in [-0.15, -0.1) is 31.4 Å². The SMILES string of the molecule is C=CCC[C@@H](c1ccc(OC)cc1OC)N1CCNCC1.Cl.Cl. The minimum Gasteiger partial charge on any atom is -0.497 e. The topological polar surface area (TPSA) is 33.7 Å². The second-order valence-corrected chi connectivity index (χ2v) is 5.28. The molecule has 0 unspecified atom stereocenters. The highest BCUT2D eigenvalue weighted by Gasteiger charge is 2.24. The number of hydrogen-bond acceptors (Lipinski definition) is 4. The number of halogens is 2. The van der Waals surface area contributed by atoms with E-state index in [-0.39, 0.29) is 24.8 Å². The number of methoxy groups -OCH3 is 2. The van der Waals surface area contributed by atoms with Gasteiger partial charge in [0.25, 0.3) is 0 Å². The van der Waals surface area contributed by atoms with Crippen molar-refractivity contribution in [3.05, 3.63) is 36.4 Å². The van der Waals surface area contributed by atoms with E-state index in [1.54, 1.807) is 14.2 Å². The lowest BCUT2D eigenvalue weighted by Gasteiger charge is -2.35.